The summed E-state index contributed by atoms with van der Waals surface area (Å²) in [7, 11) is 0. The van der Waals surface area contributed by atoms with Crippen LogP contribution in [0.25, 0.3) is 0 Å². The number of nitrogens with one attached hydrogen (secondary N) is 1. The number of nitrogens with zero attached hydrogens (tertiary/aromatic N) is 1. The summed E-state index contributed by atoms with van der Waals surface area (Å²) in [5.41, 5.74) is 1.33. The summed E-state index contributed by atoms with van der Waals surface area (Å²) in [5, 5.41) is 4.27. The first-order valence-corrected chi connectivity index (χ1v) is 13.1. The van der Waals surface area contributed by atoms with Crippen molar-refractivity contribution in [1.82, 2.24) is 10.2 Å². The summed E-state index contributed by atoms with van der Waals surface area (Å²) in [6.45, 7) is 6.03. The lowest BCUT2D eigenvalue weighted by molar-refractivity contribution is -0.140. The van der Waals surface area contributed by atoms with Crippen molar-refractivity contribution in [2.75, 3.05) is 5.75 Å². The predicted molar refractivity (Wildman–Crippen MR) is 146 cm³/mol. The number of thioether (sulfide) groups is 1. The lowest BCUT2D eigenvalue weighted by Gasteiger charge is -2.34. The van der Waals surface area contributed by atoms with Crippen LogP contribution in [-0.4, -0.2) is 34.0 Å². The summed E-state index contributed by atoms with van der Waals surface area (Å²) >= 11 is 13.9. The molecule has 184 valence electrons. The standard InChI is InChI=1S/C28H30Cl2N2O2S/c1-28(2,3)31-27(34)25(17-20-9-5-4-6-10-20)32(18-21-11-7-8-12-24(21)30)26(33)19-35-23-15-13-22(29)14-16-23/h4-16,25H,17-19H2,1-3H3,(H,31,34)/t25-/m1/s1. The maximum atomic E-state index is 13.7. The van der Waals surface area contributed by atoms with Gasteiger partial charge < -0.3 is 10.2 Å². The molecule has 0 fully saturated rings. The van der Waals surface area contributed by atoms with Crippen LogP contribution in [0.2, 0.25) is 10.0 Å². The summed E-state index contributed by atoms with van der Waals surface area (Å²) in [5.74, 6) is -0.159. The van der Waals surface area contributed by atoms with E-state index in [4.69, 9.17) is 23.2 Å². The lowest BCUT2D eigenvalue weighted by Crippen LogP contribution is -2.54. The molecule has 4 nitrogen and oxygen atoms in total. The van der Waals surface area contributed by atoms with E-state index in [-0.39, 0.29) is 24.1 Å². The molecule has 0 aliphatic rings. The molecule has 0 spiro atoms. The van der Waals surface area contributed by atoms with Gasteiger partial charge in [0.05, 0.1) is 5.75 Å². The lowest BCUT2D eigenvalue weighted by atomic mass is 10.0. The SMILES string of the molecule is CC(C)(C)NC(=O)[C@@H](Cc1ccccc1)N(Cc1ccccc1Cl)C(=O)CSc1ccc(Cl)cc1. The third-order valence-electron chi connectivity index (χ3n) is 5.24. The molecule has 3 aromatic rings. The van der Waals surface area contributed by atoms with Gasteiger partial charge in [0.1, 0.15) is 6.04 Å². The molecular weight excluding hydrogens is 499 g/mol. The minimum atomic E-state index is -0.703. The Balaban J connectivity index is 1.93. The molecule has 1 N–H and O–H groups in total. The van der Waals surface area contributed by atoms with Gasteiger partial charge in [-0.2, -0.15) is 0 Å². The van der Waals surface area contributed by atoms with E-state index < -0.39 is 11.6 Å². The van der Waals surface area contributed by atoms with E-state index in [0.29, 0.717) is 16.5 Å². The second-order valence-corrected chi connectivity index (χ2v) is 11.2. The molecule has 3 aromatic carbocycles. The molecule has 0 aliphatic carbocycles. The van der Waals surface area contributed by atoms with E-state index in [1.54, 1.807) is 23.1 Å². The zero-order chi connectivity index (χ0) is 25.4. The summed E-state index contributed by atoms with van der Waals surface area (Å²) < 4.78 is 0. The van der Waals surface area contributed by atoms with Gasteiger partial charge in [0.25, 0.3) is 0 Å². The van der Waals surface area contributed by atoms with Crippen LogP contribution < -0.4 is 5.32 Å². The highest BCUT2D eigenvalue weighted by atomic mass is 35.5. The fourth-order valence-electron chi connectivity index (χ4n) is 3.58. The highest BCUT2D eigenvalue weighted by Gasteiger charge is 2.32. The number of amides is 2. The van der Waals surface area contributed by atoms with Gasteiger partial charge in [-0.1, -0.05) is 71.7 Å². The Morgan fingerprint density at radius 3 is 2.17 bits per heavy atom. The molecule has 1 atom stereocenters. The van der Waals surface area contributed by atoms with Crippen LogP contribution in [0.4, 0.5) is 0 Å². The van der Waals surface area contributed by atoms with Crippen molar-refractivity contribution in [3.63, 3.8) is 0 Å². The van der Waals surface area contributed by atoms with Crippen LogP contribution in [0.5, 0.6) is 0 Å². The molecule has 0 saturated carbocycles. The fraction of sp³-hybridized carbons (Fsp3) is 0.286. The van der Waals surface area contributed by atoms with Crippen molar-refractivity contribution < 1.29 is 9.59 Å². The smallest absolute Gasteiger partial charge is 0.243 e. The first-order chi connectivity index (χ1) is 16.6. The Kier molecular flexibility index (Phi) is 9.67. The maximum absolute atomic E-state index is 13.7. The van der Waals surface area contributed by atoms with E-state index in [2.05, 4.69) is 5.32 Å². The third kappa shape index (κ3) is 8.60. The molecule has 0 aliphatic heterocycles. The maximum Gasteiger partial charge on any atom is 0.243 e. The number of rotatable bonds is 9. The van der Waals surface area contributed by atoms with Crippen LogP contribution in [-0.2, 0) is 22.6 Å². The van der Waals surface area contributed by atoms with Crippen LogP contribution in [0.15, 0.2) is 83.8 Å². The molecular formula is C28H30Cl2N2O2S. The molecule has 2 amide bonds. The van der Waals surface area contributed by atoms with E-state index in [9.17, 15) is 9.59 Å². The fourth-order valence-corrected chi connectivity index (χ4v) is 4.68. The molecule has 3 rings (SSSR count). The topological polar surface area (TPSA) is 49.4 Å². The number of hydrogen-bond acceptors (Lipinski definition) is 3. The summed E-state index contributed by atoms with van der Waals surface area (Å²) in [4.78, 5) is 29.8. The molecule has 0 heterocycles. The molecule has 0 saturated heterocycles. The van der Waals surface area contributed by atoms with Crippen molar-refractivity contribution in [3.8, 4) is 0 Å². The first-order valence-electron chi connectivity index (χ1n) is 11.4. The van der Waals surface area contributed by atoms with Crippen LogP contribution in [0.1, 0.15) is 31.9 Å². The molecule has 0 unspecified atom stereocenters. The van der Waals surface area contributed by atoms with Crippen molar-refractivity contribution in [1.29, 1.82) is 0 Å². The summed E-state index contributed by atoms with van der Waals surface area (Å²) in [6, 6.07) is 23.8. The van der Waals surface area contributed by atoms with Gasteiger partial charge in [-0.3, -0.25) is 9.59 Å². The van der Waals surface area contributed by atoms with Gasteiger partial charge in [0.15, 0.2) is 0 Å². The monoisotopic (exact) mass is 528 g/mol. The van der Waals surface area contributed by atoms with Gasteiger partial charge in [-0.05, 0) is 62.2 Å². The minimum absolute atomic E-state index is 0.144. The predicted octanol–water partition coefficient (Wildman–Crippen LogP) is 6.64. The van der Waals surface area contributed by atoms with Crippen LogP contribution in [0, 0.1) is 0 Å². The third-order valence-corrected chi connectivity index (χ3v) is 6.86. The average Bonchev–Trinajstić information content (AvgIpc) is 2.81. The van der Waals surface area contributed by atoms with Crippen molar-refractivity contribution in [2.45, 2.75) is 50.2 Å². The van der Waals surface area contributed by atoms with Crippen LogP contribution >= 0.6 is 35.0 Å². The van der Waals surface area contributed by atoms with Crippen molar-refractivity contribution in [2.24, 2.45) is 0 Å². The molecule has 0 radical (unpaired) electrons. The first kappa shape index (κ1) is 27.1. The van der Waals surface area contributed by atoms with E-state index in [1.807, 2.05) is 81.4 Å². The van der Waals surface area contributed by atoms with Gasteiger partial charge in [0, 0.05) is 33.4 Å². The number of halogens is 2. The Hall–Kier alpha value is -2.47. The number of carbonyl (C=O) groups is 2. The number of benzene rings is 3. The van der Waals surface area contributed by atoms with Gasteiger partial charge >= 0.3 is 0 Å². The van der Waals surface area contributed by atoms with Gasteiger partial charge in [-0.15, -0.1) is 11.8 Å². The van der Waals surface area contributed by atoms with E-state index in [1.165, 1.54) is 11.8 Å². The van der Waals surface area contributed by atoms with Crippen molar-refractivity contribution in [3.05, 3.63) is 100 Å². The van der Waals surface area contributed by atoms with Crippen molar-refractivity contribution >= 4 is 46.8 Å². The highest BCUT2D eigenvalue weighted by molar-refractivity contribution is 8.00. The van der Waals surface area contributed by atoms with E-state index >= 15 is 0 Å². The quantitative estimate of drug-likeness (QED) is 0.316. The number of hydrogen-bond donors (Lipinski definition) is 1. The Bertz CT molecular complexity index is 1130. The Morgan fingerprint density at radius 2 is 1.54 bits per heavy atom. The molecule has 35 heavy (non-hydrogen) atoms. The largest absolute Gasteiger partial charge is 0.350 e. The zero-order valence-corrected chi connectivity index (χ0v) is 22.5. The number of carbonyl (C=O) groups excluding carboxylic acids is 2. The Morgan fingerprint density at radius 1 is 0.914 bits per heavy atom. The molecule has 0 bridgehead atoms. The molecule has 7 heteroatoms. The summed E-state index contributed by atoms with van der Waals surface area (Å²) in [6.07, 6.45) is 0.393. The van der Waals surface area contributed by atoms with E-state index in [0.717, 1.165) is 16.0 Å². The van der Waals surface area contributed by atoms with Crippen LogP contribution in [0.3, 0.4) is 0 Å². The average molecular weight is 530 g/mol. The van der Waals surface area contributed by atoms with Gasteiger partial charge in [0.2, 0.25) is 11.8 Å². The zero-order valence-electron chi connectivity index (χ0n) is 20.1. The molecule has 0 aromatic heterocycles. The second-order valence-electron chi connectivity index (χ2n) is 9.30. The normalized spacial score (nSPS) is 12.1. The highest BCUT2D eigenvalue weighted by Crippen LogP contribution is 2.24. The Labute approximate surface area is 222 Å². The second kappa shape index (κ2) is 12.5. The minimum Gasteiger partial charge on any atom is -0.350 e. The van der Waals surface area contributed by atoms with Gasteiger partial charge in [-0.25, -0.2) is 0 Å².